The molecule has 0 aliphatic heterocycles. The molecular formula is C23H23N3O4S. The average molecular weight is 438 g/mol. The highest BCUT2D eigenvalue weighted by atomic mass is 32.2. The molecule has 160 valence electrons. The van der Waals surface area contributed by atoms with Crippen LogP contribution in [0.15, 0.2) is 83.8 Å². The molecule has 3 aromatic rings. The third-order valence-corrected chi connectivity index (χ3v) is 5.88. The van der Waals surface area contributed by atoms with Gasteiger partial charge in [0.25, 0.3) is 15.9 Å². The predicted molar refractivity (Wildman–Crippen MR) is 120 cm³/mol. The van der Waals surface area contributed by atoms with Crippen molar-refractivity contribution >= 4 is 33.2 Å². The zero-order valence-corrected chi connectivity index (χ0v) is 18.0. The summed E-state index contributed by atoms with van der Waals surface area (Å²) in [6.07, 6.45) is 0. The maximum absolute atomic E-state index is 12.7. The summed E-state index contributed by atoms with van der Waals surface area (Å²) in [6, 6.07) is 21.4. The second-order valence-electron chi connectivity index (χ2n) is 7.07. The monoisotopic (exact) mass is 437 g/mol. The van der Waals surface area contributed by atoms with Gasteiger partial charge in [-0.2, -0.15) is 0 Å². The Morgan fingerprint density at radius 2 is 1.55 bits per heavy atom. The summed E-state index contributed by atoms with van der Waals surface area (Å²) in [6.45, 7) is 1.80. The smallest absolute Gasteiger partial charge is 0.261 e. The first-order chi connectivity index (χ1) is 14.7. The third kappa shape index (κ3) is 5.93. The average Bonchev–Trinajstić information content (AvgIpc) is 2.75. The summed E-state index contributed by atoms with van der Waals surface area (Å²) >= 11 is 0. The molecule has 0 saturated heterocycles. The number of hydrogen-bond acceptors (Lipinski definition) is 4. The lowest BCUT2D eigenvalue weighted by molar-refractivity contribution is -0.116. The molecule has 3 rings (SSSR count). The van der Waals surface area contributed by atoms with Gasteiger partial charge in [0.15, 0.2) is 0 Å². The fourth-order valence-corrected chi connectivity index (χ4v) is 3.95. The Morgan fingerprint density at radius 3 is 2.23 bits per heavy atom. The molecule has 8 heteroatoms. The van der Waals surface area contributed by atoms with E-state index in [9.17, 15) is 18.0 Å². The number of nitrogens with zero attached hydrogens (tertiary/aromatic N) is 1. The fourth-order valence-electron chi connectivity index (χ4n) is 2.87. The molecule has 7 nitrogen and oxygen atoms in total. The minimum absolute atomic E-state index is 0.122. The van der Waals surface area contributed by atoms with E-state index in [0.717, 1.165) is 5.56 Å². The van der Waals surface area contributed by atoms with Crippen LogP contribution in [0.25, 0.3) is 0 Å². The predicted octanol–water partition coefficient (Wildman–Crippen LogP) is 3.51. The first kappa shape index (κ1) is 22.0. The van der Waals surface area contributed by atoms with Crippen molar-refractivity contribution in [1.29, 1.82) is 0 Å². The number of hydrogen-bond donors (Lipinski definition) is 2. The lowest BCUT2D eigenvalue weighted by Crippen LogP contribution is -2.35. The normalized spacial score (nSPS) is 10.9. The largest absolute Gasteiger partial charge is 0.332 e. The van der Waals surface area contributed by atoms with E-state index in [1.807, 2.05) is 19.1 Å². The van der Waals surface area contributed by atoms with Crippen molar-refractivity contribution in [1.82, 2.24) is 4.90 Å². The minimum Gasteiger partial charge on any atom is -0.332 e. The van der Waals surface area contributed by atoms with Crippen molar-refractivity contribution in [3.8, 4) is 0 Å². The van der Waals surface area contributed by atoms with E-state index in [1.165, 1.54) is 30.1 Å². The van der Waals surface area contributed by atoms with E-state index in [4.69, 9.17) is 0 Å². The van der Waals surface area contributed by atoms with Gasteiger partial charge in [-0.15, -0.1) is 0 Å². The van der Waals surface area contributed by atoms with Crippen molar-refractivity contribution in [2.45, 2.75) is 11.8 Å². The molecule has 0 heterocycles. The van der Waals surface area contributed by atoms with E-state index in [0.29, 0.717) is 5.69 Å². The maximum Gasteiger partial charge on any atom is 0.261 e. The topological polar surface area (TPSA) is 95.6 Å². The standard InChI is InChI=1S/C23H23N3O4S/c1-17-11-13-19(14-12-17)24-22(27)16-26(2)23(28)18-7-6-8-20(15-18)25-31(29,30)21-9-4-3-5-10-21/h3-15,25H,16H2,1-2H3,(H,24,27). The Bertz CT molecular complexity index is 1180. The van der Waals surface area contributed by atoms with Crippen molar-refractivity contribution in [2.75, 3.05) is 23.6 Å². The van der Waals surface area contributed by atoms with Crippen LogP contribution >= 0.6 is 0 Å². The van der Waals surface area contributed by atoms with E-state index < -0.39 is 15.9 Å². The van der Waals surface area contributed by atoms with Gasteiger partial charge in [-0.25, -0.2) is 8.42 Å². The van der Waals surface area contributed by atoms with Crippen molar-refractivity contribution in [3.63, 3.8) is 0 Å². The van der Waals surface area contributed by atoms with Gasteiger partial charge in [-0.3, -0.25) is 14.3 Å². The molecule has 0 unspecified atom stereocenters. The van der Waals surface area contributed by atoms with E-state index >= 15 is 0 Å². The zero-order valence-electron chi connectivity index (χ0n) is 17.2. The van der Waals surface area contributed by atoms with Gasteiger partial charge in [-0.05, 0) is 49.4 Å². The highest BCUT2D eigenvalue weighted by molar-refractivity contribution is 7.92. The van der Waals surface area contributed by atoms with Crippen molar-refractivity contribution < 1.29 is 18.0 Å². The van der Waals surface area contributed by atoms with Crippen LogP contribution in [0, 0.1) is 6.92 Å². The van der Waals surface area contributed by atoms with Gasteiger partial charge in [0, 0.05) is 24.0 Å². The molecule has 2 N–H and O–H groups in total. The summed E-state index contributed by atoms with van der Waals surface area (Å²) < 4.78 is 27.5. The first-order valence-electron chi connectivity index (χ1n) is 9.54. The van der Waals surface area contributed by atoms with E-state index in [2.05, 4.69) is 10.0 Å². The second-order valence-corrected chi connectivity index (χ2v) is 8.76. The zero-order chi connectivity index (χ0) is 22.4. The maximum atomic E-state index is 12.7. The van der Waals surface area contributed by atoms with Crippen LogP contribution in [0.1, 0.15) is 15.9 Å². The molecule has 3 aromatic carbocycles. The summed E-state index contributed by atoms with van der Waals surface area (Å²) in [4.78, 5) is 26.4. The van der Waals surface area contributed by atoms with Crippen LogP contribution in [-0.4, -0.2) is 38.7 Å². The highest BCUT2D eigenvalue weighted by Crippen LogP contribution is 2.18. The fraction of sp³-hybridized carbons (Fsp3) is 0.130. The molecule has 2 amide bonds. The Kier molecular flexibility index (Phi) is 6.71. The molecule has 0 bridgehead atoms. The summed E-state index contributed by atoms with van der Waals surface area (Å²) in [5.41, 5.74) is 2.24. The Balaban J connectivity index is 1.66. The number of nitrogens with one attached hydrogen (secondary N) is 2. The Morgan fingerprint density at radius 1 is 0.871 bits per heavy atom. The van der Waals surface area contributed by atoms with Gasteiger partial charge in [0.1, 0.15) is 0 Å². The molecule has 0 aliphatic carbocycles. The van der Waals surface area contributed by atoms with Crippen LogP contribution in [0.2, 0.25) is 0 Å². The molecule has 31 heavy (non-hydrogen) atoms. The summed E-state index contributed by atoms with van der Waals surface area (Å²) in [5.74, 6) is -0.736. The van der Waals surface area contributed by atoms with Gasteiger partial charge in [0.2, 0.25) is 5.91 Å². The van der Waals surface area contributed by atoms with Gasteiger partial charge < -0.3 is 10.2 Å². The Labute approximate surface area is 181 Å². The molecule has 0 atom stereocenters. The van der Waals surface area contributed by atoms with Gasteiger partial charge in [-0.1, -0.05) is 42.0 Å². The van der Waals surface area contributed by atoms with Gasteiger partial charge in [0.05, 0.1) is 11.4 Å². The summed E-state index contributed by atoms with van der Waals surface area (Å²) in [5, 5.41) is 2.74. The number of anilines is 2. The minimum atomic E-state index is -3.77. The molecule has 0 fully saturated rings. The molecule has 0 radical (unpaired) electrons. The number of carbonyl (C=O) groups excluding carboxylic acids is 2. The lowest BCUT2D eigenvalue weighted by Gasteiger charge is -2.17. The van der Waals surface area contributed by atoms with Crippen molar-refractivity contribution in [2.24, 2.45) is 0 Å². The molecule has 0 saturated carbocycles. The second kappa shape index (κ2) is 9.44. The van der Waals surface area contributed by atoms with E-state index in [-0.39, 0.29) is 28.6 Å². The van der Waals surface area contributed by atoms with Crippen LogP contribution in [0.5, 0.6) is 0 Å². The van der Waals surface area contributed by atoms with Gasteiger partial charge >= 0.3 is 0 Å². The number of carbonyl (C=O) groups is 2. The van der Waals surface area contributed by atoms with Crippen LogP contribution < -0.4 is 10.0 Å². The van der Waals surface area contributed by atoms with Crippen LogP contribution in [0.3, 0.4) is 0 Å². The number of amides is 2. The van der Waals surface area contributed by atoms with Crippen LogP contribution in [0.4, 0.5) is 11.4 Å². The number of likely N-dealkylation sites (N-methyl/N-ethyl adjacent to an activating group) is 1. The lowest BCUT2D eigenvalue weighted by atomic mass is 10.2. The van der Waals surface area contributed by atoms with E-state index in [1.54, 1.807) is 48.5 Å². The number of rotatable bonds is 7. The first-order valence-corrected chi connectivity index (χ1v) is 11.0. The third-order valence-electron chi connectivity index (χ3n) is 4.48. The molecule has 0 aliphatic rings. The molecule has 0 aromatic heterocycles. The molecular weight excluding hydrogens is 414 g/mol. The summed E-state index contributed by atoms with van der Waals surface area (Å²) in [7, 11) is -2.26. The number of benzene rings is 3. The molecule has 0 spiro atoms. The number of aryl methyl sites for hydroxylation is 1. The SMILES string of the molecule is Cc1ccc(NC(=O)CN(C)C(=O)c2cccc(NS(=O)(=O)c3ccccc3)c2)cc1. The van der Waals surface area contributed by atoms with Crippen LogP contribution in [-0.2, 0) is 14.8 Å². The highest BCUT2D eigenvalue weighted by Gasteiger charge is 2.18. The number of sulfonamides is 1. The van der Waals surface area contributed by atoms with Crippen molar-refractivity contribution in [3.05, 3.63) is 90.0 Å². The quantitative estimate of drug-likeness (QED) is 0.591. The Hall–Kier alpha value is -3.65.